The van der Waals surface area contributed by atoms with Crippen molar-refractivity contribution in [3.05, 3.63) is 23.8 Å². The van der Waals surface area contributed by atoms with Crippen molar-refractivity contribution >= 4 is 15.9 Å². The zero-order valence-corrected chi connectivity index (χ0v) is 13.1. The van der Waals surface area contributed by atoms with Crippen molar-refractivity contribution in [2.45, 2.75) is 11.8 Å². The summed E-state index contributed by atoms with van der Waals surface area (Å²) in [4.78, 5) is 13.9. The molecule has 1 aromatic carbocycles. The number of sulfonamides is 1. The van der Waals surface area contributed by atoms with Crippen LogP contribution in [0.2, 0.25) is 0 Å². The summed E-state index contributed by atoms with van der Waals surface area (Å²) in [6.07, 6.45) is 0. The smallest absolute Gasteiger partial charge is 0.257 e. The minimum atomic E-state index is -3.88. The highest BCUT2D eigenvalue weighted by Crippen LogP contribution is 2.23. The molecule has 1 amide bonds. The molecular weight excluding hydrogens is 296 g/mol. The van der Waals surface area contributed by atoms with Gasteiger partial charge in [0.05, 0.1) is 24.2 Å². The van der Waals surface area contributed by atoms with Crippen molar-refractivity contribution in [3.63, 3.8) is 0 Å². The number of methoxy groups -OCH3 is 2. The normalized spacial score (nSPS) is 11.2. The number of hydrogen-bond acceptors (Lipinski definition) is 5. The Morgan fingerprint density at radius 1 is 1.33 bits per heavy atom. The van der Waals surface area contributed by atoms with Gasteiger partial charge in [0.2, 0.25) is 10.0 Å². The lowest BCUT2D eigenvalue weighted by atomic mass is 10.1. The van der Waals surface area contributed by atoms with Crippen LogP contribution in [0.25, 0.3) is 0 Å². The summed E-state index contributed by atoms with van der Waals surface area (Å²) in [5, 5.41) is 5.09. The first-order valence-electron chi connectivity index (χ1n) is 6.34. The van der Waals surface area contributed by atoms with Gasteiger partial charge >= 0.3 is 0 Å². The van der Waals surface area contributed by atoms with Gasteiger partial charge in [-0.3, -0.25) is 4.79 Å². The molecule has 0 aliphatic heterocycles. The van der Waals surface area contributed by atoms with Crippen molar-refractivity contribution in [3.8, 4) is 5.75 Å². The fourth-order valence-corrected chi connectivity index (χ4v) is 2.35. The third-order valence-corrected chi connectivity index (χ3v) is 3.88. The third-order valence-electron chi connectivity index (χ3n) is 2.96. The first kappa shape index (κ1) is 17.4. The van der Waals surface area contributed by atoms with Crippen molar-refractivity contribution in [2.24, 2.45) is 5.14 Å². The van der Waals surface area contributed by atoms with E-state index in [2.05, 4.69) is 0 Å². The van der Waals surface area contributed by atoms with E-state index in [-0.39, 0.29) is 16.4 Å². The van der Waals surface area contributed by atoms with Crippen LogP contribution in [-0.2, 0) is 14.8 Å². The number of benzene rings is 1. The Morgan fingerprint density at radius 2 is 2.00 bits per heavy atom. The first-order chi connectivity index (χ1) is 9.85. The Labute approximate surface area is 124 Å². The monoisotopic (exact) mass is 316 g/mol. The summed E-state index contributed by atoms with van der Waals surface area (Å²) in [6.45, 7) is 3.07. The number of likely N-dealkylation sites (N-methyl/N-ethyl adjacent to an activating group) is 1. The molecule has 0 aliphatic carbocycles. The molecule has 1 aromatic rings. The molecule has 118 valence electrons. The second-order valence-corrected chi connectivity index (χ2v) is 5.85. The van der Waals surface area contributed by atoms with Gasteiger partial charge in [-0.1, -0.05) is 0 Å². The van der Waals surface area contributed by atoms with E-state index in [1.165, 1.54) is 30.2 Å². The lowest BCUT2D eigenvalue weighted by Gasteiger charge is -2.21. The van der Waals surface area contributed by atoms with Crippen LogP contribution in [-0.4, -0.2) is 53.1 Å². The van der Waals surface area contributed by atoms with Crippen molar-refractivity contribution in [1.29, 1.82) is 0 Å². The average Bonchev–Trinajstić information content (AvgIpc) is 2.46. The third kappa shape index (κ3) is 4.42. The molecular formula is C13H20N2O5S. The molecule has 0 saturated carbocycles. The summed E-state index contributed by atoms with van der Waals surface area (Å²) in [6, 6.07) is 3.94. The highest BCUT2D eigenvalue weighted by molar-refractivity contribution is 7.89. The van der Waals surface area contributed by atoms with Crippen molar-refractivity contribution < 1.29 is 22.7 Å². The SMILES string of the molecule is CCN(CCOC)C(=O)c1cc(S(N)(=O)=O)ccc1OC. The summed E-state index contributed by atoms with van der Waals surface area (Å²) in [5.74, 6) is -0.0415. The molecule has 0 bridgehead atoms. The molecule has 7 nitrogen and oxygen atoms in total. The van der Waals surface area contributed by atoms with Crippen LogP contribution >= 0.6 is 0 Å². The molecule has 21 heavy (non-hydrogen) atoms. The molecule has 0 saturated heterocycles. The minimum Gasteiger partial charge on any atom is -0.496 e. The van der Waals surface area contributed by atoms with E-state index in [0.29, 0.717) is 25.4 Å². The van der Waals surface area contributed by atoms with Crippen LogP contribution in [0.5, 0.6) is 5.75 Å². The molecule has 2 N–H and O–H groups in total. The highest BCUT2D eigenvalue weighted by atomic mass is 32.2. The maximum Gasteiger partial charge on any atom is 0.257 e. The second kappa shape index (κ2) is 7.39. The topological polar surface area (TPSA) is 98.9 Å². The van der Waals surface area contributed by atoms with E-state index < -0.39 is 10.0 Å². The van der Waals surface area contributed by atoms with Crippen LogP contribution < -0.4 is 9.88 Å². The van der Waals surface area contributed by atoms with Crippen LogP contribution in [0.15, 0.2) is 23.1 Å². The maximum atomic E-state index is 12.5. The number of ether oxygens (including phenoxy) is 2. The van der Waals surface area contributed by atoms with E-state index in [1.54, 1.807) is 7.11 Å². The molecule has 0 unspecified atom stereocenters. The summed E-state index contributed by atoms with van der Waals surface area (Å²) in [7, 11) is -0.931. The minimum absolute atomic E-state index is 0.130. The van der Waals surface area contributed by atoms with Gasteiger partial charge in [0.15, 0.2) is 0 Å². The number of carbonyl (C=O) groups is 1. The van der Waals surface area contributed by atoms with Crippen LogP contribution in [0.3, 0.4) is 0 Å². The van der Waals surface area contributed by atoms with Gasteiger partial charge in [-0.05, 0) is 25.1 Å². The van der Waals surface area contributed by atoms with E-state index in [1.807, 2.05) is 6.92 Å². The molecule has 0 aliphatic rings. The number of amides is 1. The number of rotatable bonds is 7. The summed E-state index contributed by atoms with van der Waals surface area (Å²) < 4.78 is 32.9. The number of hydrogen-bond donors (Lipinski definition) is 1. The van der Waals surface area contributed by atoms with Crippen LogP contribution in [0.4, 0.5) is 0 Å². The van der Waals surface area contributed by atoms with Crippen molar-refractivity contribution in [2.75, 3.05) is 33.9 Å². The maximum absolute atomic E-state index is 12.5. The van der Waals surface area contributed by atoms with E-state index >= 15 is 0 Å². The Balaban J connectivity index is 3.22. The average molecular weight is 316 g/mol. The molecule has 0 atom stereocenters. The molecule has 0 heterocycles. The highest BCUT2D eigenvalue weighted by Gasteiger charge is 2.21. The number of carbonyl (C=O) groups excluding carboxylic acids is 1. The molecule has 0 radical (unpaired) electrons. The number of nitrogens with two attached hydrogens (primary N) is 1. The standard InChI is InChI=1S/C13H20N2O5S/c1-4-15(7-8-19-2)13(16)11-9-10(21(14,17)18)5-6-12(11)20-3/h5-6,9H,4,7-8H2,1-3H3,(H2,14,17,18). The molecule has 1 rings (SSSR count). The Bertz CT molecular complexity index is 601. The molecule has 8 heteroatoms. The van der Waals surface area contributed by atoms with Gasteiger partial charge in [-0.15, -0.1) is 0 Å². The molecule has 0 fully saturated rings. The summed E-state index contributed by atoms with van der Waals surface area (Å²) >= 11 is 0. The Hall–Kier alpha value is -1.64. The zero-order valence-electron chi connectivity index (χ0n) is 12.3. The lowest BCUT2D eigenvalue weighted by Crippen LogP contribution is -2.34. The first-order valence-corrected chi connectivity index (χ1v) is 7.88. The predicted molar refractivity (Wildman–Crippen MR) is 77.8 cm³/mol. The molecule has 0 aromatic heterocycles. The van der Waals surface area contributed by atoms with Crippen molar-refractivity contribution in [1.82, 2.24) is 4.90 Å². The summed E-state index contributed by atoms with van der Waals surface area (Å²) in [5.41, 5.74) is 0.155. The van der Waals surface area contributed by atoms with Gasteiger partial charge in [-0.25, -0.2) is 13.6 Å². The van der Waals surface area contributed by atoms with Gasteiger partial charge in [0, 0.05) is 20.2 Å². The van der Waals surface area contributed by atoms with E-state index in [9.17, 15) is 13.2 Å². The van der Waals surface area contributed by atoms with E-state index in [4.69, 9.17) is 14.6 Å². The quantitative estimate of drug-likeness (QED) is 0.787. The fraction of sp³-hybridized carbons (Fsp3) is 0.462. The zero-order chi connectivity index (χ0) is 16.0. The van der Waals surface area contributed by atoms with Gasteiger partial charge in [0.25, 0.3) is 5.91 Å². The predicted octanol–water partition coefficient (Wildman–Crippen LogP) is 0.451. The van der Waals surface area contributed by atoms with E-state index in [0.717, 1.165) is 0 Å². The Morgan fingerprint density at radius 3 is 2.48 bits per heavy atom. The van der Waals surface area contributed by atoms with Crippen LogP contribution in [0.1, 0.15) is 17.3 Å². The number of primary sulfonamides is 1. The van der Waals surface area contributed by atoms with Crippen LogP contribution in [0, 0.1) is 0 Å². The fourth-order valence-electron chi connectivity index (χ4n) is 1.81. The number of nitrogens with zero attached hydrogens (tertiary/aromatic N) is 1. The van der Waals surface area contributed by atoms with Gasteiger partial charge in [0.1, 0.15) is 5.75 Å². The molecule has 0 spiro atoms. The van der Waals surface area contributed by atoms with Gasteiger partial charge in [-0.2, -0.15) is 0 Å². The largest absolute Gasteiger partial charge is 0.496 e. The lowest BCUT2D eigenvalue weighted by molar-refractivity contribution is 0.0703. The van der Waals surface area contributed by atoms with Gasteiger partial charge < -0.3 is 14.4 Å². The second-order valence-electron chi connectivity index (χ2n) is 4.28. The Kier molecular flexibility index (Phi) is 6.13.